The summed E-state index contributed by atoms with van der Waals surface area (Å²) >= 11 is 0. The highest BCUT2D eigenvalue weighted by atomic mass is 19.1. The molecular formula is C18H23FN2O3. The number of para-hydroxylation sites is 1. The summed E-state index contributed by atoms with van der Waals surface area (Å²) in [5, 5.41) is 0. The van der Waals surface area contributed by atoms with Crippen molar-refractivity contribution in [2.45, 2.75) is 38.6 Å². The van der Waals surface area contributed by atoms with Crippen LogP contribution in [0.2, 0.25) is 0 Å². The first-order valence-electron chi connectivity index (χ1n) is 8.62. The fraction of sp³-hybridized carbons (Fsp3) is 0.556. The van der Waals surface area contributed by atoms with E-state index < -0.39 is 5.82 Å². The quantitative estimate of drug-likeness (QED) is 0.850. The lowest BCUT2D eigenvalue weighted by Gasteiger charge is -2.37. The van der Waals surface area contributed by atoms with E-state index in [4.69, 9.17) is 4.74 Å². The molecule has 0 N–H and O–H groups in total. The van der Waals surface area contributed by atoms with Crippen LogP contribution in [0.1, 0.15) is 43.0 Å². The third-order valence-corrected chi connectivity index (χ3v) is 4.72. The van der Waals surface area contributed by atoms with Crippen molar-refractivity contribution in [3.8, 4) is 5.75 Å². The largest absolute Gasteiger partial charge is 0.490 e. The lowest BCUT2D eigenvalue weighted by molar-refractivity contribution is -0.130. The summed E-state index contributed by atoms with van der Waals surface area (Å²) in [4.78, 5) is 28.4. The van der Waals surface area contributed by atoms with Crippen LogP contribution in [-0.2, 0) is 4.79 Å². The molecule has 0 aromatic heterocycles. The fourth-order valence-corrected chi connectivity index (χ4v) is 3.59. The second kappa shape index (κ2) is 7.20. The number of hydrogen-bond donors (Lipinski definition) is 0. The van der Waals surface area contributed by atoms with Gasteiger partial charge in [-0.05, 0) is 38.3 Å². The Kier molecular flexibility index (Phi) is 5.02. The maximum Gasteiger partial charge on any atom is 0.257 e. The molecule has 24 heavy (non-hydrogen) atoms. The number of nitrogens with zero attached hydrogens (tertiary/aromatic N) is 2. The molecule has 0 radical (unpaired) electrons. The molecule has 2 fully saturated rings. The molecule has 2 aliphatic heterocycles. The smallest absolute Gasteiger partial charge is 0.257 e. The number of carbonyl (C=O) groups is 2. The van der Waals surface area contributed by atoms with E-state index in [0.29, 0.717) is 26.1 Å². The highest BCUT2D eigenvalue weighted by molar-refractivity contribution is 5.97. The summed E-state index contributed by atoms with van der Waals surface area (Å²) in [6.45, 7) is 3.96. The summed E-state index contributed by atoms with van der Waals surface area (Å²) < 4.78 is 19.3. The van der Waals surface area contributed by atoms with Crippen molar-refractivity contribution < 1.29 is 18.7 Å². The van der Waals surface area contributed by atoms with Crippen molar-refractivity contribution in [3.05, 3.63) is 29.6 Å². The van der Waals surface area contributed by atoms with E-state index in [1.165, 1.54) is 12.1 Å². The maximum absolute atomic E-state index is 14.0. The van der Waals surface area contributed by atoms with Gasteiger partial charge in [-0.2, -0.15) is 0 Å². The summed E-state index contributed by atoms with van der Waals surface area (Å²) in [5.74, 6) is -0.556. The summed E-state index contributed by atoms with van der Waals surface area (Å²) in [6, 6.07) is 4.49. The Labute approximate surface area is 141 Å². The normalized spacial score (nSPS) is 21.2. The van der Waals surface area contributed by atoms with Crippen LogP contribution in [0.3, 0.4) is 0 Å². The van der Waals surface area contributed by atoms with Gasteiger partial charge in [0.05, 0.1) is 12.2 Å². The van der Waals surface area contributed by atoms with Gasteiger partial charge < -0.3 is 14.5 Å². The van der Waals surface area contributed by atoms with E-state index in [2.05, 4.69) is 0 Å². The fourth-order valence-electron chi connectivity index (χ4n) is 3.59. The zero-order valence-electron chi connectivity index (χ0n) is 14.0. The summed E-state index contributed by atoms with van der Waals surface area (Å²) in [5.41, 5.74) is 0.255. The van der Waals surface area contributed by atoms with E-state index >= 15 is 0 Å². The van der Waals surface area contributed by atoms with Gasteiger partial charge >= 0.3 is 0 Å². The lowest BCUT2D eigenvalue weighted by atomic mass is 10.0. The number of hydrogen-bond acceptors (Lipinski definition) is 3. The van der Waals surface area contributed by atoms with Crippen molar-refractivity contribution in [2.24, 2.45) is 0 Å². The number of halogens is 1. The molecule has 0 bridgehead atoms. The van der Waals surface area contributed by atoms with Crippen LogP contribution in [-0.4, -0.2) is 53.9 Å². The van der Waals surface area contributed by atoms with E-state index in [1.54, 1.807) is 17.9 Å². The Bertz CT molecular complexity index is 635. The molecule has 1 atom stereocenters. The molecule has 2 heterocycles. The number of piperidine rings is 1. The Morgan fingerprint density at radius 1 is 1.33 bits per heavy atom. The third kappa shape index (κ3) is 3.23. The van der Waals surface area contributed by atoms with Crippen LogP contribution in [0.15, 0.2) is 18.2 Å². The van der Waals surface area contributed by atoms with E-state index in [1.807, 2.05) is 4.90 Å². The van der Waals surface area contributed by atoms with Gasteiger partial charge in [0.25, 0.3) is 5.91 Å². The minimum Gasteiger partial charge on any atom is -0.490 e. The van der Waals surface area contributed by atoms with Gasteiger partial charge in [0.2, 0.25) is 5.91 Å². The number of amides is 2. The Balaban J connectivity index is 1.77. The van der Waals surface area contributed by atoms with Crippen molar-refractivity contribution >= 4 is 11.8 Å². The third-order valence-electron chi connectivity index (χ3n) is 4.72. The van der Waals surface area contributed by atoms with Crippen LogP contribution in [0.25, 0.3) is 0 Å². The zero-order chi connectivity index (χ0) is 17.1. The summed E-state index contributed by atoms with van der Waals surface area (Å²) in [7, 11) is 0. The maximum atomic E-state index is 14.0. The van der Waals surface area contributed by atoms with Gasteiger partial charge in [-0.15, -0.1) is 0 Å². The minimum atomic E-state index is -0.522. The predicted octanol–water partition coefficient (Wildman–Crippen LogP) is 2.45. The standard InChI is InChI=1S/C18H23FN2O3/c1-2-24-17-14(7-3-8-15(17)19)18(23)20-10-4-6-13(12-20)21-11-5-9-16(21)22/h3,7-8,13H,2,4-6,9-12H2,1H3/t13-/m0/s1. The number of rotatable bonds is 4. The number of benzene rings is 1. The van der Waals surface area contributed by atoms with Crippen LogP contribution in [0.4, 0.5) is 4.39 Å². The second-order valence-corrected chi connectivity index (χ2v) is 6.29. The highest BCUT2D eigenvalue weighted by Gasteiger charge is 2.33. The SMILES string of the molecule is CCOc1c(F)cccc1C(=O)N1CCC[C@H](N2CCCC2=O)C1. The molecule has 6 heteroatoms. The Morgan fingerprint density at radius 2 is 2.17 bits per heavy atom. The topological polar surface area (TPSA) is 49.9 Å². The molecule has 1 aromatic rings. The minimum absolute atomic E-state index is 0.0179. The molecule has 3 rings (SSSR count). The number of ether oxygens (including phenoxy) is 1. The van der Waals surface area contributed by atoms with Gasteiger partial charge in [-0.1, -0.05) is 6.07 Å². The van der Waals surface area contributed by atoms with Gasteiger partial charge in [-0.25, -0.2) is 4.39 Å². The van der Waals surface area contributed by atoms with Crippen LogP contribution in [0.5, 0.6) is 5.75 Å². The van der Waals surface area contributed by atoms with Crippen molar-refractivity contribution in [3.63, 3.8) is 0 Å². The molecular weight excluding hydrogens is 311 g/mol. The van der Waals surface area contributed by atoms with Crippen LogP contribution in [0, 0.1) is 5.82 Å². The van der Waals surface area contributed by atoms with Crippen LogP contribution < -0.4 is 4.74 Å². The molecule has 130 valence electrons. The van der Waals surface area contributed by atoms with Gasteiger partial charge in [0, 0.05) is 32.1 Å². The monoisotopic (exact) mass is 334 g/mol. The van der Waals surface area contributed by atoms with Gasteiger partial charge in [-0.3, -0.25) is 9.59 Å². The number of carbonyl (C=O) groups excluding carboxylic acids is 2. The molecule has 2 amide bonds. The average molecular weight is 334 g/mol. The van der Waals surface area contributed by atoms with Crippen molar-refractivity contribution in [1.29, 1.82) is 0 Å². The van der Waals surface area contributed by atoms with Crippen molar-refractivity contribution in [1.82, 2.24) is 9.80 Å². The van der Waals surface area contributed by atoms with E-state index in [0.717, 1.165) is 25.8 Å². The first-order valence-corrected chi connectivity index (χ1v) is 8.62. The average Bonchev–Trinajstić information content (AvgIpc) is 3.02. The van der Waals surface area contributed by atoms with Gasteiger partial charge in [0.15, 0.2) is 11.6 Å². The molecule has 1 aromatic carbocycles. The molecule has 0 saturated carbocycles. The number of likely N-dealkylation sites (tertiary alicyclic amines) is 2. The van der Waals surface area contributed by atoms with Crippen molar-refractivity contribution in [2.75, 3.05) is 26.2 Å². The van der Waals surface area contributed by atoms with E-state index in [-0.39, 0.29) is 29.2 Å². The molecule has 5 nitrogen and oxygen atoms in total. The Hall–Kier alpha value is -2.11. The first kappa shape index (κ1) is 16.7. The molecule has 2 saturated heterocycles. The summed E-state index contributed by atoms with van der Waals surface area (Å²) in [6.07, 6.45) is 3.25. The first-order chi connectivity index (χ1) is 11.6. The predicted molar refractivity (Wildman–Crippen MR) is 87.4 cm³/mol. The second-order valence-electron chi connectivity index (χ2n) is 6.29. The van der Waals surface area contributed by atoms with E-state index in [9.17, 15) is 14.0 Å². The molecule has 0 unspecified atom stereocenters. The molecule has 0 aliphatic carbocycles. The highest BCUT2D eigenvalue weighted by Crippen LogP contribution is 2.27. The zero-order valence-corrected chi connectivity index (χ0v) is 14.0. The van der Waals surface area contributed by atoms with Gasteiger partial charge in [0.1, 0.15) is 0 Å². The molecule has 0 spiro atoms. The molecule has 2 aliphatic rings. The Morgan fingerprint density at radius 3 is 2.88 bits per heavy atom. The lowest BCUT2D eigenvalue weighted by Crippen LogP contribution is -2.50. The van der Waals surface area contributed by atoms with Crippen LogP contribution >= 0.6 is 0 Å².